The Morgan fingerprint density at radius 1 is 0.909 bits per heavy atom. The Labute approximate surface area is 140 Å². The molecule has 0 bridgehead atoms. The van der Waals surface area contributed by atoms with Gasteiger partial charge in [0.1, 0.15) is 0 Å². The minimum absolute atomic E-state index is 0.692. The first kappa shape index (κ1) is 13.7. The third kappa shape index (κ3) is 2.36. The average molecular weight is 370 g/mol. The molecule has 0 N–H and O–H groups in total. The number of benzene rings is 2. The van der Waals surface area contributed by atoms with E-state index in [4.69, 9.17) is 16.6 Å². The minimum Gasteiger partial charge on any atom is -0.255 e. The van der Waals surface area contributed by atoms with Crippen LogP contribution in [0.2, 0.25) is 5.02 Å². The molecule has 0 fully saturated rings. The van der Waals surface area contributed by atoms with Crippen molar-refractivity contribution in [1.29, 1.82) is 0 Å². The standard InChI is InChI=1S/C18H10BrClN2/c19-13-4-1-11(2-5-13)16-7-3-12-10-21-17-8-6-14(20)9-15(17)18(12)22-16/h1-10H. The first-order valence-corrected chi connectivity index (χ1v) is 7.99. The molecule has 2 heterocycles. The highest BCUT2D eigenvalue weighted by molar-refractivity contribution is 9.10. The maximum Gasteiger partial charge on any atom is 0.0819 e. The Kier molecular flexibility index (Phi) is 3.32. The van der Waals surface area contributed by atoms with Gasteiger partial charge >= 0.3 is 0 Å². The Balaban J connectivity index is 2.00. The monoisotopic (exact) mass is 368 g/mol. The van der Waals surface area contributed by atoms with Crippen LogP contribution in [0, 0.1) is 0 Å². The third-order valence-corrected chi connectivity index (χ3v) is 4.39. The topological polar surface area (TPSA) is 25.8 Å². The number of hydrogen-bond donors (Lipinski definition) is 0. The molecule has 22 heavy (non-hydrogen) atoms. The summed E-state index contributed by atoms with van der Waals surface area (Å²) in [6, 6.07) is 17.9. The molecule has 4 heteroatoms. The molecule has 0 spiro atoms. The van der Waals surface area contributed by atoms with Gasteiger partial charge in [-0.3, -0.25) is 4.98 Å². The van der Waals surface area contributed by atoms with E-state index in [1.165, 1.54) is 0 Å². The summed E-state index contributed by atoms with van der Waals surface area (Å²) in [5.41, 5.74) is 3.84. The summed E-state index contributed by atoms with van der Waals surface area (Å²) in [5.74, 6) is 0. The summed E-state index contributed by atoms with van der Waals surface area (Å²) in [5, 5.41) is 2.68. The smallest absolute Gasteiger partial charge is 0.0819 e. The van der Waals surface area contributed by atoms with Crippen LogP contribution in [-0.2, 0) is 0 Å². The predicted octanol–water partition coefficient (Wildman–Crippen LogP) is 5.87. The minimum atomic E-state index is 0.692. The molecule has 0 aliphatic rings. The first-order chi connectivity index (χ1) is 10.7. The van der Waals surface area contributed by atoms with E-state index < -0.39 is 0 Å². The van der Waals surface area contributed by atoms with E-state index in [9.17, 15) is 0 Å². The zero-order valence-corrected chi connectivity index (χ0v) is 13.8. The molecule has 0 radical (unpaired) electrons. The molecule has 0 atom stereocenters. The van der Waals surface area contributed by atoms with Crippen molar-refractivity contribution in [3.8, 4) is 11.3 Å². The lowest BCUT2D eigenvalue weighted by atomic mass is 10.1. The van der Waals surface area contributed by atoms with Crippen molar-refractivity contribution < 1.29 is 0 Å². The normalized spacial score (nSPS) is 11.2. The van der Waals surface area contributed by atoms with E-state index in [1.54, 1.807) is 0 Å². The van der Waals surface area contributed by atoms with Crippen molar-refractivity contribution in [2.75, 3.05) is 0 Å². The highest BCUT2D eigenvalue weighted by Gasteiger charge is 2.07. The van der Waals surface area contributed by atoms with Gasteiger partial charge in [0, 0.05) is 32.0 Å². The fourth-order valence-electron chi connectivity index (χ4n) is 2.52. The highest BCUT2D eigenvalue weighted by atomic mass is 79.9. The lowest BCUT2D eigenvalue weighted by Gasteiger charge is -2.06. The molecular formula is C18H10BrClN2. The van der Waals surface area contributed by atoms with Gasteiger partial charge in [0.2, 0.25) is 0 Å². The number of rotatable bonds is 1. The van der Waals surface area contributed by atoms with E-state index in [1.807, 2.05) is 48.7 Å². The van der Waals surface area contributed by atoms with Crippen LogP contribution >= 0.6 is 27.5 Å². The van der Waals surface area contributed by atoms with Crippen molar-refractivity contribution in [2.24, 2.45) is 0 Å². The molecule has 0 saturated heterocycles. The van der Waals surface area contributed by atoms with Crippen molar-refractivity contribution in [3.63, 3.8) is 0 Å². The van der Waals surface area contributed by atoms with Gasteiger partial charge in [0.05, 0.1) is 16.7 Å². The second-order valence-corrected chi connectivity index (χ2v) is 6.41. The Morgan fingerprint density at radius 3 is 2.55 bits per heavy atom. The van der Waals surface area contributed by atoms with Crippen LogP contribution in [0.15, 0.2) is 65.3 Å². The van der Waals surface area contributed by atoms with Gasteiger partial charge in [-0.15, -0.1) is 0 Å². The van der Waals surface area contributed by atoms with Crippen LogP contribution in [0.3, 0.4) is 0 Å². The van der Waals surface area contributed by atoms with Crippen LogP contribution in [0.4, 0.5) is 0 Å². The summed E-state index contributed by atoms with van der Waals surface area (Å²) in [4.78, 5) is 9.29. The molecule has 0 aliphatic carbocycles. The summed E-state index contributed by atoms with van der Waals surface area (Å²) in [6.45, 7) is 0. The summed E-state index contributed by atoms with van der Waals surface area (Å²) < 4.78 is 1.05. The fraction of sp³-hybridized carbons (Fsp3) is 0. The molecule has 106 valence electrons. The van der Waals surface area contributed by atoms with Crippen LogP contribution in [0.1, 0.15) is 0 Å². The Morgan fingerprint density at radius 2 is 1.73 bits per heavy atom. The molecular weight excluding hydrogens is 360 g/mol. The quantitative estimate of drug-likeness (QED) is 0.392. The van der Waals surface area contributed by atoms with Gasteiger partial charge in [-0.25, -0.2) is 4.98 Å². The first-order valence-electron chi connectivity index (χ1n) is 6.82. The Hall–Kier alpha value is -1.97. The van der Waals surface area contributed by atoms with Crippen molar-refractivity contribution in [1.82, 2.24) is 9.97 Å². The molecule has 4 rings (SSSR count). The van der Waals surface area contributed by atoms with Gasteiger partial charge in [0.25, 0.3) is 0 Å². The molecule has 0 unspecified atom stereocenters. The number of fused-ring (bicyclic) bond motifs is 3. The lowest BCUT2D eigenvalue weighted by Crippen LogP contribution is -1.88. The molecule has 2 aromatic heterocycles. The van der Waals surface area contributed by atoms with Gasteiger partial charge in [-0.1, -0.05) is 39.7 Å². The van der Waals surface area contributed by atoms with Crippen LogP contribution < -0.4 is 0 Å². The molecule has 0 amide bonds. The predicted molar refractivity (Wildman–Crippen MR) is 95.2 cm³/mol. The molecule has 0 aliphatic heterocycles. The Bertz CT molecular complexity index is 997. The molecule has 2 nitrogen and oxygen atoms in total. The van der Waals surface area contributed by atoms with E-state index in [2.05, 4.69) is 33.0 Å². The van der Waals surface area contributed by atoms with E-state index in [0.29, 0.717) is 5.02 Å². The summed E-state index contributed by atoms with van der Waals surface area (Å²) >= 11 is 9.59. The summed E-state index contributed by atoms with van der Waals surface area (Å²) in [6.07, 6.45) is 1.85. The number of nitrogens with zero attached hydrogens (tertiary/aromatic N) is 2. The van der Waals surface area contributed by atoms with Gasteiger partial charge in [0.15, 0.2) is 0 Å². The van der Waals surface area contributed by atoms with Crippen molar-refractivity contribution in [3.05, 3.63) is 70.3 Å². The third-order valence-electron chi connectivity index (χ3n) is 3.62. The number of pyridine rings is 2. The fourth-order valence-corrected chi connectivity index (χ4v) is 2.96. The lowest BCUT2D eigenvalue weighted by molar-refractivity contribution is 1.37. The second kappa shape index (κ2) is 5.34. The number of aromatic nitrogens is 2. The molecule has 0 saturated carbocycles. The van der Waals surface area contributed by atoms with Gasteiger partial charge in [-0.2, -0.15) is 0 Å². The van der Waals surface area contributed by atoms with E-state index >= 15 is 0 Å². The zero-order chi connectivity index (χ0) is 15.1. The van der Waals surface area contributed by atoms with Crippen molar-refractivity contribution in [2.45, 2.75) is 0 Å². The average Bonchev–Trinajstić information content (AvgIpc) is 2.55. The van der Waals surface area contributed by atoms with E-state index in [-0.39, 0.29) is 0 Å². The van der Waals surface area contributed by atoms with Crippen LogP contribution in [0.5, 0.6) is 0 Å². The molecule has 2 aromatic carbocycles. The number of hydrogen-bond acceptors (Lipinski definition) is 2. The van der Waals surface area contributed by atoms with Gasteiger partial charge < -0.3 is 0 Å². The highest BCUT2D eigenvalue weighted by Crippen LogP contribution is 2.28. The molecule has 4 aromatic rings. The second-order valence-electron chi connectivity index (χ2n) is 5.06. The van der Waals surface area contributed by atoms with Crippen LogP contribution in [-0.4, -0.2) is 9.97 Å². The largest absolute Gasteiger partial charge is 0.255 e. The van der Waals surface area contributed by atoms with Crippen molar-refractivity contribution >= 4 is 49.3 Å². The number of halogens is 2. The SMILES string of the molecule is Clc1ccc2ncc3ccc(-c4ccc(Br)cc4)nc3c2c1. The summed E-state index contributed by atoms with van der Waals surface area (Å²) in [7, 11) is 0. The zero-order valence-electron chi connectivity index (χ0n) is 11.4. The maximum atomic E-state index is 6.13. The maximum absolute atomic E-state index is 6.13. The van der Waals surface area contributed by atoms with Crippen LogP contribution in [0.25, 0.3) is 33.1 Å². The van der Waals surface area contributed by atoms with E-state index in [0.717, 1.165) is 37.5 Å². The van der Waals surface area contributed by atoms with Gasteiger partial charge in [-0.05, 0) is 42.5 Å².